The van der Waals surface area contributed by atoms with E-state index in [1.54, 1.807) is 0 Å². The van der Waals surface area contributed by atoms with Crippen LogP contribution in [0.3, 0.4) is 0 Å². The van der Waals surface area contributed by atoms with E-state index in [1.807, 2.05) is 62.4 Å². The van der Waals surface area contributed by atoms with Gasteiger partial charge in [-0.25, -0.2) is 0 Å². The van der Waals surface area contributed by atoms with Crippen LogP contribution >= 0.6 is 0 Å². The van der Waals surface area contributed by atoms with Crippen molar-refractivity contribution in [2.75, 3.05) is 6.54 Å². The van der Waals surface area contributed by atoms with E-state index in [4.69, 9.17) is 0 Å². The molecule has 0 spiro atoms. The van der Waals surface area contributed by atoms with Gasteiger partial charge in [0, 0.05) is 10.5 Å². The summed E-state index contributed by atoms with van der Waals surface area (Å²) >= 11 is 0. The van der Waals surface area contributed by atoms with Gasteiger partial charge in [-0.15, -0.1) is 0 Å². The topological polar surface area (TPSA) is 91.8 Å². The fraction of sp³-hybridized carbons (Fsp3) is 0.211. The highest BCUT2D eigenvalue weighted by Crippen LogP contribution is 2.31. The highest BCUT2D eigenvalue weighted by Gasteiger charge is 2.28. The lowest BCUT2D eigenvalue weighted by molar-refractivity contribution is -0.481. The molecule has 25 heavy (non-hydrogen) atoms. The van der Waals surface area contributed by atoms with Crippen molar-refractivity contribution in [3.05, 3.63) is 91.3 Å². The van der Waals surface area contributed by atoms with E-state index in [2.05, 4.69) is 10.2 Å². The minimum absolute atomic E-state index is 0.328. The quantitative estimate of drug-likeness (QED) is 0.552. The Labute approximate surface area is 144 Å². The molecule has 0 aliphatic heterocycles. The number of aromatic nitrogens is 2. The van der Waals surface area contributed by atoms with Crippen LogP contribution in [0.2, 0.25) is 0 Å². The maximum absolute atomic E-state index is 12.5. The lowest BCUT2D eigenvalue weighted by Crippen LogP contribution is -2.20. The van der Waals surface area contributed by atoms with Gasteiger partial charge in [-0.3, -0.25) is 25.1 Å². The fourth-order valence-electron chi connectivity index (χ4n) is 3.08. The lowest BCUT2D eigenvalue weighted by Gasteiger charge is -2.14. The van der Waals surface area contributed by atoms with Gasteiger partial charge in [0.05, 0.1) is 17.2 Å². The van der Waals surface area contributed by atoms with Crippen LogP contribution in [0.4, 0.5) is 0 Å². The van der Waals surface area contributed by atoms with Crippen LogP contribution in [0.1, 0.15) is 28.2 Å². The summed E-state index contributed by atoms with van der Waals surface area (Å²) in [6.45, 7) is 3.55. The van der Waals surface area contributed by atoms with Crippen molar-refractivity contribution in [2.24, 2.45) is 0 Å². The van der Waals surface area contributed by atoms with Gasteiger partial charge in [0.15, 0.2) is 0 Å². The first-order valence-corrected chi connectivity index (χ1v) is 8.02. The maximum Gasteiger partial charge on any atom is 0.268 e. The van der Waals surface area contributed by atoms with Gasteiger partial charge in [-0.2, -0.15) is 0 Å². The molecule has 1 aromatic heterocycles. The number of nitro groups is 1. The summed E-state index contributed by atoms with van der Waals surface area (Å²) in [5, 5.41) is 16.8. The number of H-pyrrole nitrogens is 2. The highest BCUT2D eigenvalue weighted by atomic mass is 16.6. The first-order valence-electron chi connectivity index (χ1n) is 8.02. The monoisotopic (exact) mass is 337 g/mol. The zero-order valence-electron chi connectivity index (χ0n) is 14.1. The third kappa shape index (κ3) is 3.38. The number of nitrogens with one attached hydrogen (secondary N) is 2. The molecule has 0 amide bonds. The van der Waals surface area contributed by atoms with E-state index >= 15 is 0 Å². The summed E-state index contributed by atoms with van der Waals surface area (Å²) in [6, 6.07) is 15.1. The fourth-order valence-corrected chi connectivity index (χ4v) is 3.08. The van der Waals surface area contributed by atoms with Crippen LogP contribution in [0.5, 0.6) is 0 Å². The smallest absolute Gasteiger partial charge is 0.268 e. The van der Waals surface area contributed by atoms with E-state index in [9.17, 15) is 14.9 Å². The Morgan fingerprint density at radius 3 is 2.36 bits per heavy atom. The lowest BCUT2D eigenvalue weighted by atomic mass is 9.88. The van der Waals surface area contributed by atoms with Gasteiger partial charge in [0.2, 0.25) is 6.54 Å². The molecule has 2 N–H and O–H groups in total. The van der Waals surface area contributed by atoms with Crippen molar-refractivity contribution in [1.29, 1.82) is 0 Å². The zero-order chi connectivity index (χ0) is 18.0. The predicted octanol–water partition coefficient (Wildman–Crippen LogP) is 3.40. The molecule has 0 radical (unpaired) electrons. The Kier molecular flexibility index (Phi) is 4.52. The minimum Gasteiger partial charge on any atom is -0.297 e. The first-order chi connectivity index (χ1) is 12.0. The highest BCUT2D eigenvalue weighted by molar-refractivity contribution is 5.67. The Bertz CT molecular complexity index is 955. The first kappa shape index (κ1) is 16.7. The van der Waals surface area contributed by atoms with Crippen LogP contribution in [-0.2, 0) is 0 Å². The van der Waals surface area contributed by atoms with Crippen LogP contribution in [0.25, 0.3) is 11.3 Å². The number of nitrogens with zero attached hydrogens (tertiary/aromatic N) is 1. The predicted molar refractivity (Wildman–Crippen MR) is 96.5 cm³/mol. The number of aromatic amines is 2. The van der Waals surface area contributed by atoms with Crippen molar-refractivity contribution in [2.45, 2.75) is 19.8 Å². The third-order valence-electron chi connectivity index (χ3n) is 4.39. The molecule has 0 saturated carbocycles. The molecule has 6 heteroatoms. The molecule has 0 aliphatic carbocycles. The molecule has 0 saturated heterocycles. The van der Waals surface area contributed by atoms with Crippen molar-refractivity contribution in [3.63, 3.8) is 0 Å². The van der Waals surface area contributed by atoms with Crippen molar-refractivity contribution >= 4 is 0 Å². The summed E-state index contributed by atoms with van der Waals surface area (Å²) in [4.78, 5) is 23.4. The Morgan fingerprint density at radius 1 is 1.04 bits per heavy atom. The Hall–Kier alpha value is -3.15. The molecule has 3 aromatic rings. The van der Waals surface area contributed by atoms with E-state index in [0.29, 0.717) is 11.3 Å². The number of hydrogen-bond acceptors (Lipinski definition) is 3. The normalized spacial score (nSPS) is 12.1. The van der Waals surface area contributed by atoms with Crippen molar-refractivity contribution < 1.29 is 4.92 Å². The average Bonchev–Trinajstić information content (AvgIpc) is 2.95. The number of benzene rings is 2. The molecule has 0 aliphatic rings. The van der Waals surface area contributed by atoms with Crippen LogP contribution < -0.4 is 5.56 Å². The molecule has 0 fully saturated rings. The van der Waals surface area contributed by atoms with Crippen LogP contribution in [0, 0.1) is 24.0 Å². The zero-order valence-corrected chi connectivity index (χ0v) is 14.1. The van der Waals surface area contributed by atoms with Crippen molar-refractivity contribution in [1.82, 2.24) is 10.2 Å². The second-order valence-corrected chi connectivity index (χ2v) is 6.16. The third-order valence-corrected chi connectivity index (χ3v) is 4.39. The molecule has 1 atom stereocenters. The number of hydrogen-bond donors (Lipinski definition) is 2. The summed E-state index contributed by atoms with van der Waals surface area (Å²) in [5.41, 5.74) is 4.34. The summed E-state index contributed by atoms with van der Waals surface area (Å²) in [7, 11) is 0. The minimum atomic E-state index is -0.625. The second-order valence-electron chi connectivity index (χ2n) is 6.16. The van der Waals surface area contributed by atoms with Gasteiger partial charge in [0.1, 0.15) is 0 Å². The molecule has 1 unspecified atom stereocenters. The summed E-state index contributed by atoms with van der Waals surface area (Å²) in [5.74, 6) is -0.625. The molecule has 2 aromatic carbocycles. The Morgan fingerprint density at radius 2 is 1.72 bits per heavy atom. The molecule has 3 rings (SSSR count). The standard InChI is InChI=1S/C19H19N3O3/c1-12-7-9-14(10-8-12)16(11-22(24)25)17-18(20-21-19(17)23)15-6-4-3-5-13(15)2/h3-10,16H,11H2,1-2H3,(H2,20,21,23). The SMILES string of the molecule is Cc1ccc(C(C[N+](=O)[O-])c2c(-c3ccccc3C)[nH][nH]c2=O)cc1. The number of rotatable bonds is 5. The van der Waals surface area contributed by atoms with E-state index < -0.39 is 5.92 Å². The molecule has 0 bridgehead atoms. The van der Waals surface area contributed by atoms with Gasteiger partial charge < -0.3 is 0 Å². The largest absolute Gasteiger partial charge is 0.297 e. The van der Waals surface area contributed by atoms with Crippen LogP contribution in [0.15, 0.2) is 53.3 Å². The van der Waals surface area contributed by atoms with Gasteiger partial charge in [-0.05, 0) is 25.0 Å². The van der Waals surface area contributed by atoms with Gasteiger partial charge in [0.25, 0.3) is 5.56 Å². The summed E-state index contributed by atoms with van der Waals surface area (Å²) in [6.07, 6.45) is 0. The molecule has 128 valence electrons. The second kappa shape index (κ2) is 6.76. The van der Waals surface area contributed by atoms with E-state index in [1.165, 1.54) is 0 Å². The van der Waals surface area contributed by atoms with E-state index in [-0.39, 0.29) is 17.0 Å². The number of aryl methyl sites for hydroxylation is 2. The molecule has 1 heterocycles. The van der Waals surface area contributed by atoms with Crippen LogP contribution in [-0.4, -0.2) is 21.7 Å². The summed E-state index contributed by atoms with van der Waals surface area (Å²) < 4.78 is 0. The average molecular weight is 337 g/mol. The molecular formula is C19H19N3O3. The van der Waals surface area contributed by atoms with Crippen molar-refractivity contribution in [3.8, 4) is 11.3 Å². The molecular weight excluding hydrogens is 318 g/mol. The van der Waals surface area contributed by atoms with E-state index in [0.717, 1.165) is 22.3 Å². The Balaban J connectivity index is 2.18. The van der Waals surface area contributed by atoms with Gasteiger partial charge >= 0.3 is 0 Å². The maximum atomic E-state index is 12.5. The molecule has 6 nitrogen and oxygen atoms in total. The van der Waals surface area contributed by atoms with Gasteiger partial charge in [-0.1, -0.05) is 54.1 Å².